The smallest absolute Gasteiger partial charge is 0.330 e. The zero-order valence-electron chi connectivity index (χ0n) is 48.4. The normalized spacial score (nSPS) is 13.0. The average Bonchev–Trinajstić information content (AvgIpc) is 2.26. The van der Waals surface area contributed by atoms with E-state index in [1.807, 2.05) is 99.8 Å². The molecule has 0 unspecified atom stereocenters. The molecule has 0 aliphatic carbocycles. The second-order valence-corrected chi connectivity index (χ2v) is 20.3. The van der Waals surface area contributed by atoms with E-state index in [-0.39, 0.29) is 47.3 Å². The highest BCUT2D eigenvalue weighted by molar-refractivity contribution is 6.67. The SMILES string of the molecule is CCNC(=O)c1ccc(F)cc1.CCNC(=O)c1ccc(N2CCN(Cc3cnc4c(c3)[nH]c(=O)n3cccc43)CC2)cc1.CCNC(=O)c1ccc(N2CCNCC2)cc1.O=C(Cl)c1ccc(F)cc1.O=c1[nH]c2cc(CO)cnc2c2cccn12. The van der Waals surface area contributed by atoms with Gasteiger partial charge < -0.3 is 46.1 Å². The number of piperazine rings is 2. The Hall–Kier alpha value is -9.61. The summed E-state index contributed by atoms with van der Waals surface area (Å²) in [6, 6.07) is 37.3. The van der Waals surface area contributed by atoms with Gasteiger partial charge in [-0.05, 0) is 177 Å². The first-order chi connectivity index (χ1) is 42.2. The highest BCUT2D eigenvalue weighted by atomic mass is 35.5. The molecule has 2 aliphatic rings. The Balaban J connectivity index is 0.000000152. The number of fused-ring (bicyclic) bond motifs is 6. The summed E-state index contributed by atoms with van der Waals surface area (Å²) in [6.07, 6.45) is 6.94. The number of nitrogens with one attached hydrogen (secondary N) is 6. The number of carbonyl (C=O) groups is 4. The van der Waals surface area contributed by atoms with E-state index in [0.717, 1.165) is 103 Å². The van der Waals surface area contributed by atoms with Crippen LogP contribution in [0.25, 0.3) is 33.1 Å². The summed E-state index contributed by atoms with van der Waals surface area (Å²) < 4.78 is 27.7. The topological polar surface area (TPSA) is 247 Å². The van der Waals surface area contributed by atoms with Crippen molar-refractivity contribution >= 4 is 79.0 Å². The van der Waals surface area contributed by atoms with Crippen LogP contribution in [0.15, 0.2) is 168 Å². The van der Waals surface area contributed by atoms with Gasteiger partial charge in [0.2, 0.25) is 0 Å². The van der Waals surface area contributed by atoms with Gasteiger partial charge in [-0.3, -0.25) is 42.8 Å². The van der Waals surface area contributed by atoms with E-state index in [1.54, 1.807) is 35.1 Å². The van der Waals surface area contributed by atoms with Gasteiger partial charge in [-0.25, -0.2) is 18.4 Å². The third-order valence-corrected chi connectivity index (χ3v) is 14.3. The number of rotatable bonds is 12. The minimum atomic E-state index is -0.569. The standard InChI is InChI=1S/C24H26N6O2.C13H19N3O.C11H9N3O2.C9H10FNO.C7H4ClFO/c1-2-25-23(31)18-5-7-19(8-6-18)29-12-10-28(11-13-29)16-17-14-20-22(26-15-17)21-4-3-9-30(21)24(32)27-20;1-2-15-13(17)11-3-5-12(6-4-11)16-9-7-14-8-10-16;15-6-7-4-8-10(12-5-7)9-2-1-3-14(9)11(16)13-8;1-2-11-9(12)7-3-5-8(10)6-4-7;8-7(10)5-1-3-6(9)4-2-5/h3-9,14-15H,2,10-13,16H2,1H3,(H,25,31)(H,27,32);3-6,14H,2,7-10H2,1H3,(H,15,17);1-5,15H,6H2,(H,13,16);3-6H,2H2,1H3,(H,11,12);1-4H. The molecule has 2 saturated heterocycles. The molecular weight excluding hydrogens is 1140 g/mol. The van der Waals surface area contributed by atoms with Crippen molar-refractivity contribution in [3.63, 3.8) is 0 Å². The molecule has 0 saturated carbocycles. The van der Waals surface area contributed by atoms with Gasteiger partial charge in [0.1, 0.15) is 22.7 Å². The van der Waals surface area contributed by atoms with Gasteiger partial charge in [-0.15, -0.1) is 0 Å². The number of hydrogen-bond donors (Lipinski definition) is 7. The molecule has 3 amide bonds. The number of nitrogens with zero attached hydrogens (tertiary/aromatic N) is 7. The van der Waals surface area contributed by atoms with Crippen LogP contribution in [0.2, 0.25) is 0 Å². The predicted molar refractivity (Wildman–Crippen MR) is 335 cm³/mol. The number of aromatic amines is 2. The number of anilines is 2. The molecule has 20 nitrogen and oxygen atoms in total. The van der Waals surface area contributed by atoms with Crippen LogP contribution < -0.4 is 42.4 Å². The fraction of sp³-hybridized carbons (Fsp3) is 0.250. The van der Waals surface area contributed by atoms with Crippen LogP contribution in [0, 0.1) is 11.6 Å². The van der Waals surface area contributed by atoms with Crippen LogP contribution in [0.1, 0.15) is 73.3 Å². The Labute approximate surface area is 504 Å². The summed E-state index contributed by atoms with van der Waals surface area (Å²) >= 11 is 5.09. The molecule has 0 atom stereocenters. The second-order valence-electron chi connectivity index (χ2n) is 20.0. The number of pyridine rings is 2. The predicted octanol–water partition coefficient (Wildman–Crippen LogP) is 7.54. The number of aliphatic hydroxyl groups is 1. The molecule has 452 valence electrons. The molecule has 0 bridgehead atoms. The maximum Gasteiger partial charge on any atom is 0.330 e. The van der Waals surface area contributed by atoms with E-state index in [9.17, 15) is 37.5 Å². The lowest BCUT2D eigenvalue weighted by atomic mass is 10.1. The number of halogens is 3. The Morgan fingerprint density at radius 1 is 0.540 bits per heavy atom. The zero-order valence-corrected chi connectivity index (χ0v) is 49.1. The van der Waals surface area contributed by atoms with Crippen molar-refractivity contribution in [1.82, 2.24) is 54.9 Å². The summed E-state index contributed by atoms with van der Waals surface area (Å²) in [5.74, 6) is -0.909. The molecule has 4 aromatic carbocycles. The Bertz CT molecular complexity index is 4050. The molecule has 10 aromatic rings. The largest absolute Gasteiger partial charge is 0.392 e. The van der Waals surface area contributed by atoms with E-state index in [4.69, 9.17) is 16.7 Å². The third kappa shape index (κ3) is 17.1. The van der Waals surface area contributed by atoms with Crippen LogP contribution >= 0.6 is 11.6 Å². The van der Waals surface area contributed by atoms with Crippen LogP contribution in [-0.4, -0.2) is 134 Å². The fourth-order valence-corrected chi connectivity index (χ4v) is 9.73. The minimum Gasteiger partial charge on any atom is -0.392 e. The van der Waals surface area contributed by atoms with E-state index in [0.29, 0.717) is 47.4 Å². The van der Waals surface area contributed by atoms with E-state index >= 15 is 0 Å². The summed E-state index contributed by atoms with van der Waals surface area (Å²) in [4.78, 5) is 90.6. The van der Waals surface area contributed by atoms with E-state index in [1.165, 1.54) is 58.6 Å². The molecule has 8 heterocycles. The molecule has 2 fully saturated rings. The zero-order chi connectivity index (χ0) is 61.8. The first-order valence-corrected chi connectivity index (χ1v) is 28.8. The van der Waals surface area contributed by atoms with Crippen molar-refractivity contribution in [2.45, 2.75) is 33.9 Å². The lowest BCUT2D eigenvalue weighted by Crippen LogP contribution is -2.46. The summed E-state index contributed by atoms with van der Waals surface area (Å²) in [6.45, 7) is 16.1. The van der Waals surface area contributed by atoms with Crippen molar-refractivity contribution in [1.29, 1.82) is 0 Å². The average molecular weight is 1200 g/mol. The van der Waals surface area contributed by atoms with Gasteiger partial charge in [0, 0.05) is 137 Å². The number of H-pyrrole nitrogens is 2. The lowest BCUT2D eigenvalue weighted by Gasteiger charge is -2.36. The number of amides is 3. The van der Waals surface area contributed by atoms with Crippen molar-refractivity contribution in [3.05, 3.63) is 224 Å². The maximum atomic E-state index is 12.4. The molecule has 6 aromatic heterocycles. The number of aromatic nitrogens is 6. The summed E-state index contributed by atoms with van der Waals surface area (Å²) in [5, 5.41) is 20.0. The van der Waals surface area contributed by atoms with Crippen molar-refractivity contribution in [2.24, 2.45) is 0 Å². The van der Waals surface area contributed by atoms with Gasteiger partial charge in [0.15, 0.2) is 0 Å². The van der Waals surface area contributed by atoms with Gasteiger partial charge >= 0.3 is 11.4 Å². The van der Waals surface area contributed by atoms with Crippen LogP contribution in [0.3, 0.4) is 0 Å². The molecule has 0 radical (unpaired) electrons. The molecule has 0 spiro atoms. The van der Waals surface area contributed by atoms with Gasteiger partial charge in [-0.2, -0.15) is 0 Å². The molecule has 87 heavy (non-hydrogen) atoms. The summed E-state index contributed by atoms with van der Waals surface area (Å²) in [7, 11) is 0. The van der Waals surface area contributed by atoms with E-state index < -0.39 is 5.24 Å². The third-order valence-electron chi connectivity index (χ3n) is 14.0. The van der Waals surface area contributed by atoms with Gasteiger partial charge in [0.25, 0.3) is 23.0 Å². The molecule has 23 heteroatoms. The van der Waals surface area contributed by atoms with E-state index in [2.05, 4.69) is 55.9 Å². The molecule has 2 aliphatic heterocycles. The number of benzene rings is 4. The number of hydrogen-bond acceptors (Lipinski definition) is 13. The second kappa shape index (κ2) is 31.0. The summed E-state index contributed by atoms with van der Waals surface area (Å²) in [5.41, 5.74) is 10.5. The van der Waals surface area contributed by atoms with Crippen LogP contribution in [0.4, 0.5) is 20.2 Å². The molecular formula is C64H68ClF2N13O7. The molecule has 12 rings (SSSR count). The number of carbonyl (C=O) groups excluding carboxylic acids is 4. The van der Waals surface area contributed by atoms with Crippen molar-refractivity contribution < 1.29 is 33.1 Å². The quantitative estimate of drug-likeness (QED) is 0.0585. The highest BCUT2D eigenvalue weighted by Gasteiger charge is 2.19. The van der Waals surface area contributed by atoms with Gasteiger partial charge in [0.05, 0.1) is 28.7 Å². The lowest BCUT2D eigenvalue weighted by molar-refractivity contribution is 0.0947. The maximum absolute atomic E-state index is 12.4. The Morgan fingerprint density at radius 3 is 1.34 bits per heavy atom. The van der Waals surface area contributed by atoms with Gasteiger partial charge in [-0.1, -0.05) is 0 Å². The Morgan fingerprint density at radius 2 is 0.931 bits per heavy atom. The van der Waals surface area contributed by atoms with Crippen molar-refractivity contribution in [2.75, 3.05) is 81.8 Å². The van der Waals surface area contributed by atoms with Crippen LogP contribution in [-0.2, 0) is 13.2 Å². The first-order valence-electron chi connectivity index (χ1n) is 28.4. The Kier molecular flexibility index (Phi) is 22.6. The number of aliphatic hydroxyl groups excluding tert-OH is 1. The first kappa shape index (κ1) is 63.4. The monoisotopic (exact) mass is 1200 g/mol. The molecule has 7 N–H and O–H groups in total. The highest BCUT2D eigenvalue weighted by Crippen LogP contribution is 2.22. The van der Waals surface area contributed by atoms with Crippen LogP contribution in [0.5, 0.6) is 0 Å². The minimum absolute atomic E-state index is 0.000592. The fourth-order valence-electron chi connectivity index (χ4n) is 9.60. The van der Waals surface area contributed by atoms with Crippen molar-refractivity contribution in [3.8, 4) is 0 Å².